The van der Waals surface area contributed by atoms with Crippen molar-refractivity contribution in [2.45, 2.75) is 66.5 Å². The SMILES string of the molecule is COc1ccnc(C(=S)N[C@@H](C)C(=O)O[C@@H](C)C(c2ccc(C)cc2C)c2ccc(C)cc2C)c1OC(C)=O. The van der Waals surface area contributed by atoms with Gasteiger partial charge in [0.2, 0.25) is 5.75 Å². The maximum atomic E-state index is 13.3. The molecule has 0 bridgehead atoms. The van der Waals surface area contributed by atoms with Gasteiger partial charge in [-0.2, -0.15) is 0 Å². The Bertz CT molecular complexity index is 1340. The number of carbonyl (C=O) groups is 2. The lowest BCUT2D eigenvalue weighted by Gasteiger charge is -2.29. The first-order valence-corrected chi connectivity index (χ1v) is 13.2. The number of methoxy groups -OCH3 is 1. The molecule has 3 aromatic rings. The first kappa shape index (κ1) is 29.8. The van der Waals surface area contributed by atoms with Gasteiger partial charge in [-0.3, -0.25) is 4.79 Å². The molecule has 1 heterocycles. The molecule has 0 radical (unpaired) electrons. The van der Waals surface area contributed by atoms with E-state index in [-0.39, 0.29) is 22.3 Å². The Morgan fingerprint density at radius 3 is 1.97 bits per heavy atom. The fourth-order valence-corrected chi connectivity index (χ4v) is 5.02. The summed E-state index contributed by atoms with van der Waals surface area (Å²) in [6.07, 6.45) is 1.02. The molecule has 0 aliphatic rings. The van der Waals surface area contributed by atoms with Crippen LogP contribution in [0.2, 0.25) is 0 Å². The van der Waals surface area contributed by atoms with Gasteiger partial charge in [0.25, 0.3) is 0 Å². The first-order valence-electron chi connectivity index (χ1n) is 12.8. The van der Waals surface area contributed by atoms with Crippen molar-refractivity contribution in [1.82, 2.24) is 10.3 Å². The largest absolute Gasteiger partial charge is 0.493 e. The van der Waals surface area contributed by atoms with Crippen LogP contribution < -0.4 is 14.8 Å². The third-order valence-corrected chi connectivity index (χ3v) is 6.85. The molecule has 8 heteroatoms. The molecule has 0 aliphatic heterocycles. The van der Waals surface area contributed by atoms with Crippen molar-refractivity contribution in [3.05, 3.63) is 87.7 Å². The summed E-state index contributed by atoms with van der Waals surface area (Å²) >= 11 is 5.51. The van der Waals surface area contributed by atoms with Crippen molar-refractivity contribution >= 4 is 29.1 Å². The number of aryl methyl sites for hydroxylation is 4. The van der Waals surface area contributed by atoms with Gasteiger partial charge >= 0.3 is 11.9 Å². The molecule has 206 valence electrons. The lowest BCUT2D eigenvalue weighted by Crippen LogP contribution is -2.41. The average molecular weight is 549 g/mol. The van der Waals surface area contributed by atoms with Gasteiger partial charge in [0.15, 0.2) is 5.75 Å². The summed E-state index contributed by atoms with van der Waals surface area (Å²) in [7, 11) is 1.45. The number of carbonyl (C=O) groups excluding carboxylic acids is 2. The van der Waals surface area contributed by atoms with Crippen LogP contribution >= 0.6 is 12.2 Å². The predicted octanol–water partition coefficient (Wildman–Crippen LogP) is 5.67. The molecule has 3 rings (SSSR count). The third kappa shape index (κ3) is 7.20. The zero-order valence-electron chi connectivity index (χ0n) is 23.7. The van der Waals surface area contributed by atoms with Crippen LogP contribution in [0.4, 0.5) is 0 Å². The number of nitrogens with zero attached hydrogens (tertiary/aromatic N) is 1. The molecular weight excluding hydrogens is 512 g/mol. The van der Waals surface area contributed by atoms with Gasteiger partial charge in [-0.05, 0) is 63.8 Å². The second-order valence-corrected chi connectivity index (χ2v) is 10.2. The minimum absolute atomic E-state index is 0.0868. The van der Waals surface area contributed by atoms with Crippen LogP contribution in [0.5, 0.6) is 11.5 Å². The lowest BCUT2D eigenvalue weighted by molar-refractivity contribution is -0.150. The summed E-state index contributed by atoms with van der Waals surface area (Å²) in [6, 6.07) is 13.4. The van der Waals surface area contributed by atoms with E-state index in [2.05, 4.69) is 74.4 Å². The van der Waals surface area contributed by atoms with Gasteiger partial charge in [-0.1, -0.05) is 59.7 Å². The van der Waals surface area contributed by atoms with Gasteiger partial charge in [-0.15, -0.1) is 0 Å². The van der Waals surface area contributed by atoms with Crippen molar-refractivity contribution in [1.29, 1.82) is 0 Å². The highest BCUT2D eigenvalue weighted by atomic mass is 32.1. The van der Waals surface area contributed by atoms with Crippen LogP contribution in [0, 0.1) is 27.7 Å². The van der Waals surface area contributed by atoms with Crippen LogP contribution in [0.3, 0.4) is 0 Å². The molecule has 0 spiro atoms. The van der Waals surface area contributed by atoms with Crippen molar-refractivity contribution < 1.29 is 23.8 Å². The number of rotatable bonds is 9. The highest BCUT2D eigenvalue weighted by molar-refractivity contribution is 7.80. The van der Waals surface area contributed by atoms with Crippen molar-refractivity contribution in [2.24, 2.45) is 0 Å². The fourth-order valence-electron chi connectivity index (χ4n) is 4.70. The molecule has 0 fully saturated rings. The molecule has 0 saturated carbocycles. The zero-order valence-corrected chi connectivity index (χ0v) is 24.6. The number of pyridine rings is 1. The van der Waals surface area contributed by atoms with Crippen LogP contribution in [0.15, 0.2) is 48.7 Å². The number of thiocarbonyl (C=S) groups is 1. The van der Waals surface area contributed by atoms with Crippen LogP contribution in [0.25, 0.3) is 0 Å². The van der Waals surface area contributed by atoms with E-state index in [1.54, 1.807) is 13.0 Å². The maximum Gasteiger partial charge on any atom is 0.328 e. The van der Waals surface area contributed by atoms with Crippen molar-refractivity contribution in [3.63, 3.8) is 0 Å². The van der Waals surface area contributed by atoms with E-state index in [4.69, 9.17) is 26.4 Å². The standard InChI is InChI=1S/C31H36N2O5S/c1-17-9-11-24(19(3)15-17)27(25-12-10-18(2)16-20(25)4)22(6)37-31(35)21(5)33-30(39)28-29(38-23(7)34)26(36-8)13-14-32-28/h9-16,21-22,27H,1-8H3,(H,33,39)/t21-,22-/m0/s1. The molecule has 0 aliphatic carbocycles. The average Bonchev–Trinajstić information content (AvgIpc) is 2.86. The van der Waals surface area contributed by atoms with Gasteiger partial charge in [0, 0.05) is 25.1 Å². The van der Waals surface area contributed by atoms with E-state index in [1.807, 2.05) is 6.92 Å². The summed E-state index contributed by atoms with van der Waals surface area (Å²) in [4.78, 5) is 29.3. The molecule has 0 saturated heterocycles. The maximum absolute atomic E-state index is 13.3. The van der Waals surface area contributed by atoms with Crippen molar-refractivity contribution in [3.8, 4) is 11.5 Å². The highest BCUT2D eigenvalue weighted by Gasteiger charge is 2.30. The number of nitrogens with one attached hydrogen (secondary N) is 1. The number of benzene rings is 2. The first-order chi connectivity index (χ1) is 18.4. The van der Waals surface area contributed by atoms with Crippen LogP contribution in [-0.4, -0.2) is 41.2 Å². The summed E-state index contributed by atoms with van der Waals surface area (Å²) in [5.74, 6) is -0.793. The predicted molar refractivity (Wildman–Crippen MR) is 156 cm³/mol. The Morgan fingerprint density at radius 1 is 0.923 bits per heavy atom. The van der Waals surface area contributed by atoms with E-state index < -0.39 is 24.1 Å². The normalized spacial score (nSPS) is 12.4. The lowest BCUT2D eigenvalue weighted by atomic mass is 9.82. The summed E-state index contributed by atoms with van der Waals surface area (Å²) in [5.41, 5.74) is 7.02. The summed E-state index contributed by atoms with van der Waals surface area (Å²) < 4.78 is 16.6. The van der Waals surface area contributed by atoms with E-state index in [0.717, 1.165) is 22.3 Å². The topological polar surface area (TPSA) is 86.8 Å². The van der Waals surface area contributed by atoms with Crippen molar-refractivity contribution in [2.75, 3.05) is 7.11 Å². The molecule has 0 unspecified atom stereocenters. The van der Waals surface area contributed by atoms with Crippen LogP contribution in [0.1, 0.15) is 65.8 Å². The monoisotopic (exact) mass is 548 g/mol. The summed E-state index contributed by atoms with van der Waals surface area (Å²) in [5, 5.41) is 2.97. The van der Waals surface area contributed by atoms with E-state index >= 15 is 0 Å². The summed E-state index contributed by atoms with van der Waals surface area (Å²) in [6.45, 7) is 13.1. The van der Waals surface area contributed by atoms with Gasteiger partial charge in [0.1, 0.15) is 22.8 Å². The smallest absolute Gasteiger partial charge is 0.328 e. The molecule has 1 aromatic heterocycles. The minimum Gasteiger partial charge on any atom is -0.493 e. The van der Waals surface area contributed by atoms with Gasteiger partial charge in [-0.25, -0.2) is 9.78 Å². The molecule has 0 amide bonds. The Labute approximate surface area is 235 Å². The number of esters is 2. The molecule has 1 N–H and O–H groups in total. The second kappa shape index (κ2) is 12.8. The molecule has 39 heavy (non-hydrogen) atoms. The van der Waals surface area contributed by atoms with E-state index in [9.17, 15) is 9.59 Å². The van der Waals surface area contributed by atoms with Gasteiger partial charge < -0.3 is 19.5 Å². The zero-order chi connectivity index (χ0) is 28.9. The Balaban J connectivity index is 1.85. The number of ether oxygens (including phenoxy) is 3. The molecule has 2 aromatic carbocycles. The number of aromatic nitrogens is 1. The minimum atomic E-state index is -0.794. The number of hydrogen-bond acceptors (Lipinski definition) is 7. The highest BCUT2D eigenvalue weighted by Crippen LogP contribution is 2.35. The third-order valence-electron chi connectivity index (χ3n) is 6.54. The molecule has 7 nitrogen and oxygen atoms in total. The Hall–Kier alpha value is -3.78. The number of hydrogen-bond donors (Lipinski definition) is 1. The van der Waals surface area contributed by atoms with E-state index in [1.165, 1.54) is 31.4 Å². The quantitative estimate of drug-likeness (QED) is 0.271. The Kier molecular flexibility index (Phi) is 9.81. The second-order valence-electron chi connectivity index (χ2n) is 9.82. The van der Waals surface area contributed by atoms with E-state index in [0.29, 0.717) is 5.75 Å². The molecular formula is C31H36N2O5S. The van der Waals surface area contributed by atoms with Gasteiger partial charge in [0.05, 0.1) is 7.11 Å². The van der Waals surface area contributed by atoms with Crippen LogP contribution in [-0.2, 0) is 14.3 Å². The molecule has 2 atom stereocenters. The Morgan fingerprint density at radius 2 is 1.49 bits per heavy atom. The fraction of sp³-hybridized carbons (Fsp3) is 0.355.